The predicted octanol–water partition coefficient (Wildman–Crippen LogP) is 4.27. The topological polar surface area (TPSA) is 137 Å². The monoisotopic (exact) mass is 491 g/mol. The molecule has 0 atom stereocenters. The molecule has 0 aliphatic heterocycles. The van der Waals surface area contributed by atoms with E-state index in [1.165, 1.54) is 17.0 Å². The van der Waals surface area contributed by atoms with Crippen molar-refractivity contribution in [2.75, 3.05) is 23.0 Å². The molecule has 176 valence electrons. The molecule has 0 bridgehead atoms. The lowest BCUT2D eigenvalue weighted by Crippen LogP contribution is -2.19. The molecule has 3 aromatic heterocycles. The van der Waals surface area contributed by atoms with Crippen LogP contribution in [-0.4, -0.2) is 38.2 Å². The fourth-order valence-electron chi connectivity index (χ4n) is 3.13. The molecule has 0 fully saturated rings. The number of benzene rings is 1. The number of fused-ring (bicyclic) bond motifs is 1. The Hall–Kier alpha value is -4.20. The molecule has 34 heavy (non-hydrogen) atoms. The van der Waals surface area contributed by atoms with Gasteiger partial charge in [-0.15, -0.1) is 11.3 Å². The zero-order chi connectivity index (χ0) is 24.5. The van der Waals surface area contributed by atoms with Gasteiger partial charge in [-0.05, 0) is 24.6 Å². The normalized spacial score (nSPS) is 11.4. The van der Waals surface area contributed by atoms with Crippen molar-refractivity contribution in [1.82, 2.24) is 19.6 Å². The summed E-state index contributed by atoms with van der Waals surface area (Å²) in [6.45, 7) is 1.86. The summed E-state index contributed by atoms with van der Waals surface area (Å²) in [7, 11) is 0. The molecule has 0 spiro atoms. The minimum absolute atomic E-state index is 0.156. The van der Waals surface area contributed by atoms with E-state index in [1.807, 2.05) is 0 Å². The van der Waals surface area contributed by atoms with Crippen molar-refractivity contribution in [3.63, 3.8) is 0 Å². The molecule has 0 radical (unpaired) electrons. The number of urea groups is 1. The quantitative estimate of drug-likeness (QED) is 0.355. The third-order valence-electron chi connectivity index (χ3n) is 4.54. The zero-order valence-electron chi connectivity index (χ0n) is 17.4. The van der Waals surface area contributed by atoms with Gasteiger partial charge in [0.25, 0.3) is 0 Å². The zero-order valence-corrected chi connectivity index (χ0v) is 18.2. The van der Waals surface area contributed by atoms with E-state index in [9.17, 15) is 22.8 Å². The summed E-state index contributed by atoms with van der Waals surface area (Å²) in [5.74, 6) is -0.408. The Balaban J connectivity index is 1.57. The molecular weight excluding hydrogens is 475 g/mol. The van der Waals surface area contributed by atoms with Crippen LogP contribution in [0.1, 0.15) is 23.0 Å². The van der Waals surface area contributed by atoms with E-state index >= 15 is 0 Å². The highest BCUT2D eigenvalue weighted by Crippen LogP contribution is 2.34. The van der Waals surface area contributed by atoms with E-state index in [4.69, 9.17) is 10.5 Å². The van der Waals surface area contributed by atoms with Crippen LogP contribution in [0.5, 0.6) is 0 Å². The van der Waals surface area contributed by atoms with Crippen LogP contribution in [0.3, 0.4) is 0 Å². The van der Waals surface area contributed by atoms with Crippen LogP contribution < -0.4 is 16.4 Å². The highest BCUT2D eigenvalue weighted by molar-refractivity contribution is 7.14. The third-order valence-corrected chi connectivity index (χ3v) is 5.30. The SMILES string of the molecule is CCOC(=O)c1cn2ncnc(N)c2c1-c1ccc(NC(=O)Nc2nc(C(F)(F)F)cs2)cc1. The third kappa shape index (κ3) is 4.61. The number of nitrogens with one attached hydrogen (secondary N) is 2. The lowest BCUT2D eigenvalue weighted by atomic mass is 10.0. The van der Waals surface area contributed by atoms with Crippen molar-refractivity contribution < 1.29 is 27.5 Å². The Morgan fingerprint density at radius 1 is 1.21 bits per heavy atom. The second-order valence-electron chi connectivity index (χ2n) is 6.77. The summed E-state index contributed by atoms with van der Waals surface area (Å²) >= 11 is 0.654. The first kappa shape index (κ1) is 23.0. The number of nitrogens with zero attached hydrogens (tertiary/aromatic N) is 4. The van der Waals surface area contributed by atoms with Gasteiger partial charge >= 0.3 is 18.2 Å². The molecule has 0 aliphatic rings. The van der Waals surface area contributed by atoms with Gasteiger partial charge in [-0.2, -0.15) is 18.3 Å². The number of amides is 2. The maximum Gasteiger partial charge on any atom is 0.434 e. The van der Waals surface area contributed by atoms with E-state index in [2.05, 4.69) is 25.7 Å². The lowest BCUT2D eigenvalue weighted by molar-refractivity contribution is -0.140. The van der Waals surface area contributed by atoms with Crippen LogP contribution in [0.25, 0.3) is 16.6 Å². The van der Waals surface area contributed by atoms with Crippen LogP contribution >= 0.6 is 11.3 Å². The van der Waals surface area contributed by atoms with Gasteiger partial charge in [0.2, 0.25) is 0 Å². The highest BCUT2D eigenvalue weighted by atomic mass is 32.1. The number of thiazole rings is 1. The van der Waals surface area contributed by atoms with E-state index in [0.29, 0.717) is 33.7 Å². The molecule has 0 saturated heterocycles. The predicted molar refractivity (Wildman–Crippen MR) is 119 cm³/mol. The van der Waals surface area contributed by atoms with E-state index in [1.54, 1.807) is 31.2 Å². The van der Waals surface area contributed by atoms with Crippen molar-refractivity contribution >= 4 is 45.5 Å². The van der Waals surface area contributed by atoms with Gasteiger partial charge in [-0.1, -0.05) is 12.1 Å². The standard InChI is InChI=1S/C20H16F3N7O3S/c1-2-33-17(31)12-7-30-15(16(24)25-9-26-30)14(12)10-3-5-11(6-4-10)27-18(32)29-19-28-13(8-34-19)20(21,22)23/h3-9H,2H2,1H3,(H2,24,25,26)(H2,27,28,29,32). The van der Waals surface area contributed by atoms with E-state index < -0.39 is 23.9 Å². The van der Waals surface area contributed by atoms with Gasteiger partial charge in [0, 0.05) is 22.8 Å². The molecule has 3 heterocycles. The first-order valence-corrected chi connectivity index (χ1v) is 10.6. The molecule has 0 saturated carbocycles. The number of alkyl halides is 3. The van der Waals surface area contributed by atoms with Gasteiger partial charge in [0.15, 0.2) is 16.6 Å². The average Bonchev–Trinajstić information content (AvgIpc) is 3.40. The smallest absolute Gasteiger partial charge is 0.434 e. The molecule has 4 rings (SSSR count). The number of rotatable bonds is 5. The Kier molecular flexibility index (Phi) is 6.06. The van der Waals surface area contributed by atoms with E-state index in [-0.39, 0.29) is 23.1 Å². The summed E-state index contributed by atoms with van der Waals surface area (Å²) in [5.41, 5.74) is 6.95. The molecule has 4 N–H and O–H groups in total. The second kappa shape index (κ2) is 8.97. The number of anilines is 3. The van der Waals surface area contributed by atoms with E-state index in [0.717, 1.165) is 5.38 Å². The van der Waals surface area contributed by atoms with Gasteiger partial charge in [0.1, 0.15) is 11.8 Å². The van der Waals surface area contributed by atoms with Gasteiger partial charge in [-0.25, -0.2) is 24.1 Å². The minimum Gasteiger partial charge on any atom is -0.462 e. The van der Waals surface area contributed by atoms with Crippen LogP contribution in [0.2, 0.25) is 0 Å². The van der Waals surface area contributed by atoms with Crippen molar-refractivity contribution in [2.24, 2.45) is 0 Å². The molecule has 10 nitrogen and oxygen atoms in total. The largest absolute Gasteiger partial charge is 0.462 e. The Morgan fingerprint density at radius 2 is 1.94 bits per heavy atom. The first-order valence-electron chi connectivity index (χ1n) is 9.67. The molecule has 1 aromatic carbocycles. The van der Waals surface area contributed by atoms with Crippen molar-refractivity contribution in [1.29, 1.82) is 0 Å². The Bertz CT molecular complexity index is 1370. The molecule has 0 aliphatic carbocycles. The number of aromatic nitrogens is 4. The van der Waals surface area contributed by atoms with Crippen LogP contribution in [0, 0.1) is 0 Å². The number of carbonyl (C=O) groups is 2. The molecule has 2 amide bonds. The number of carbonyl (C=O) groups excluding carboxylic acids is 2. The number of hydrogen-bond donors (Lipinski definition) is 3. The maximum atomic E-state index is 12.7. The highest BCUT2D eigenvalue weighted by Gasteiger charge is 2.34. The number of esters is 1. The molecule has 14 heteroatoms. The fraction of sp³-hybridized carbons (Fsp3) is 0.150. The van der Waals surface area contributed by atoms with Gasteiger partial charge < -0.3 is 15.8 Å². The maximum absolute atomic E-state index is 12.7. The number of nitrogens with two attached hydrogens (primary N) is 1. The summed E-state index contributed by atoms with van der Waals surface area (Å²) in [6, 6.07) is 5.60. The fourth-order valence-corrected chi connectivity index (χ4v) is 3.84. The molecular formula is C20H16F3N7O3S. The Morgan fingerprint density at radius 3 is 2.59 bits per heavy atom. The number of ether oxygens (including phenoxy) is 1. The second-order valence-corrected chi connectivity index (χ2v) is 7.63. The van der Waals surface area contributed by atoms with Crippen LogP contribution in [0.15, 0.2) is 42.2 Å². The lowest BCUT2D eigenvalue weighted by Gasteiger charge is -2.09. The summed E-state index contributed by atoms with van der Waals surface area (Å²) in [4.78, 5) is 32.0. The first-order chi connectivity index (χ1) is 16.2. The van der Waals surface area contributed by atoms with Crippen molar-refractivity contribution in [3.05, 3.63) is 53.4 Å². The number of halogens is 3. The number of nitrogen functional groups attached to an aromatic ring is 1. The van der Waals surface area contributed by atoms with Crippen molar-refractivity contribution in [3.8, 4) is 11.1 Å². The van der Waals surface area contributed by atoms with Crippen LogP contribution in [-0.2, 0) is 10.9 Å². The molecule has 0 unspecified atom stereocenters. The van der Waals surface area contributed by atoms with Gasteiger partial charge in [-0.3, -0.25) is 5.32 Å². The van der Waals surface area contributed by atoms with Crippen LogP contribution in [0.4, 0.5) is 34.6 Å². The summed E-state index contributed by atoms with van der Waals surface area (Å²) in [5, 5.41) is 9.45. The van der Waals surface area contributed by atoms with Crippen molar-refractivity contribution in [2.45, 2.75) is 13.1 Å². The Labute approximate surface area is 193 Å². The average molecular weight is 491 g/mol. The molecule has 4 aromatic rings. The van der Waals surface area contributed by atoms with Gasteiger partial charge in [0.05, 0.1) is 12.2 Å². The number of hydrogen-bond acceptors (Lipinski definition) is 8. The minimum atomic E-state index is -4.59. The summed E-state index contributed by atoms with van der Waals surface area (Å²) < 4.78 is 44.5. The summed E-state index contributed by atoms with van der Waals surface area (Å²) in [6.07, 6.45) is -1.85.